The van der Waals surface area contributed by atoms with E-state index in [4.69, 9.17) is 4.42 Å². The number of furan rings is 1. The number of anilines is 1. The van der Waals surface area contributed by atoms with E-state index in [9.17, 15) is 14.0 Å². The summed E-state index contributed by atoms with van der Waals surface area (Å²) in [5.74, 6) is 0.538. The maximum absolute atomic E-state index is 14.2. The van der Waals surface area contributed by atoms with Crippen LogP contribution in [0.15, 0.2) is 52.3 Å². The molecular weight excluding hydrogens is 389 g/mol. The fourth-order valence-corrected chi connectivity index (χ4v) is 4.50. The first-order valence-corrected chi connectivity index (χ1v) is 9.68. The number of carbonyl (C=O) groups excluding carboxylic acids is 1. The maximum Gasteiger partial charge on any atom is 0.257 e. The number of amides is 1. The van der Waals surface area contributed by atoms with Crippen LogP contribution >= 0.6 is 0 Å². The Kier molecular flexibility index (Phi) is 4.19. The molecule has 2 aliphatic rings. The Hall–Kier alpha value is -3.49. The molecule has 0 bridgehead atoms. The van der Waals surface area contributed by atoms with Crippen LogP contribution in [0, 0.1) is 17.7 Å². The van der Waals surface area contributed by atoms with Gasteiger partial charge < -0.3 is 14.2 Å². The summed E-state index contributed by atoms with van der Waals surface area (Å²) in [6.07, 6.45) is 5.53. The molecule has 0 radical (unpaired) electrons. The highest BCUT2D eigenvalue weighted by atomic mass is 19.1. The minimum atomic E-state index is -0.524. The van der Waals surface area contributed by atoms with Crippen molar-refractivity contribution in [3.05, 3.63) is 64.9 Å². The minimum absolute atomic E-state index is 0.0296. The third-order valence-electron chi connectivity index (χ3n) is 6.13. The van der Waals surface area contributed by atoms with Crippen LogP contribution in [0.1, 0.15) is 10.4 Å². The van der Waals surface area contributed by atoms with E-state index < -0.39 is 5.82 Å². The van der Waals surface area contributed by atoms with Crippen LogP contribution in [-0.4, -0.2) is 51.5 Å². The zero-order valence-corrected chi connectivity index (χ0v) is 16.5. The number of rotatable bonds is 4. The van der Waals surface area contributed by atoms with Crippen molar-refractivity contribution in [1.29, 1.82) is 0 Å². The predicted molar refractivity (Wildman–Crippen MR) is 106 cm³/mol. The molecule has 154 valence electrons. The molecule has 1 saturated carbocycles. The van der Waals surface area contributed by atoms with Gasteiger partial charge in [-0.1, -0.05) is 0 Å². The second-order valence-electron chi connectivity index (χ2n) is 7.85. The van der Waals surface area contributed by atoms with Crippen molar-refractivity contribution < 1.29 is 13.6 Å². The Morgan fingerprint density at radius 2 is 2.07 bits per heavy atom. The van der Waals surface area contributed by atoms with Gasteiger partial charge in [-0.2, -0.15) is 0 Å². The molecule has 30 heavy (non-hydrogen) atoms. The van der Waals surface area contributed by atoms with Crippen LogP contribution in [0.3, 0.4) is 0 Å². The van der Waals surface area contributed by atoms with Crippen LogP contribution in [-0.2, 0) is 7.05 Å². The summed E-state index contributed by atoms with van der Waals surface area (Å²) in [6, 6.07) is 4.68. The van der Waals surface area contributed by atoms with E-state index in [1.54, 1.807) is 13.1 Å². The number of halogens is 1. The number of hydrogen-bond donors (Lipinski definition) is 0. The number of carbonyl (C=O) groups is 1. The lowest BCUT2D eigenvalue weighted by Crippen LogP contribution is -2.38. The fourth-order valence-electron chi connectivity index (χ4n) is 4.50. The van der Waals surface area contributed by atoms with E-state index in [1.807, 2.05) is 16.8 Å². The molecule has 4 heterocycles. The number of piperidine rings is 1. The predicted octanol–water partition coefficient (Wildman–Crippen LogP) is 1.78. The summed E-state index contributed by atoms with van der Waals surface area (Å²) < 4.78 is 20.6. The zero-order chi connectivity index (χ0) is 21.0. The number of pyridine rings is 1. The normalized spacial score (nSPS) is 22.1. The van der Waals surface area contributed by atoms with E-state index in [0.717, 1.165) is 6.20 Å². The minimum Gasteiger partial charge on any atom is -0.472 e. The van der Waals surface area contributed by atoms with Crippen molar-refractivity contribution in [2.75, 3.05) is 25.0 Å². The molecule has 0 N–H and O–H groups in total. The molecule has 3 aromatic rings. The molecule has 1 saturated heterocycles. The second-order valence-corrected chi connectivity index (χ2v) is 7.85. The van der Waals surface area contributed by atoms with Crippen molar-refractivity contribution >= 4 is 11.9 Å². The Labute approximate surface area is 171 Å². The maximum atomic E-state index is 14.2. The van der Waals surface area contributed by atoms with Gasteiger partial charge >= 0.3 is 0 Å². The Morgan fingerprint density at radius 1 is 1.30 bits per heavy atom. The first kappa shape index (κ1) is 18.5. The van der Waals surface area contributed by atoms with Gasteiger partial charge in [0, 0.05) is 62.9 Å². The van der Waals surface area contributed by atoms with Gasteiger partial charge in [0.05, 0.1) is 23.7 Å². The van der Waals surface area contributed by atoms with Gasteiger partial charge in [0.1, 0.15) is 6.26 Å². The quantitative estimate of drug-likeness (QED) is 0.653. The van der Waals surface area contributed by atoms with Gasteiger partial charge in [-0.15, -0.1) is 0 Å². The lowest BCUT2D eigenvalue weighted by atomic mass is 10.2. The first-order chi connectivity index (χ1) is 14.5. The molecule has 3 atom stereocenters. The summed E-state index contributed by atoms with van der Waals surface area (Å²) in [6.45, 7) is 1.30. The fraction of sp³-hybridized carbons (Fsp3) is 0.333. The Balaban J connectivity index is 1.37. The first-order valence-electron chi connectivity index (χ1n) is 9.68. The molecule has 1 amide bonds. The van der Waals surface area contributed by atoms with Crippen molar-refractivity contribution in [2.45, 2.75) is 6.04 Å². The third-order valence-corrected chi connectivity index (χ3v) is 6.13. The highest BCUT2D eigenvalue weighted by Crippen LogP contribution is 2.49. The van der Waals surface area contributed by atoms with E-state index >= 15 is 0 Å². The lowest BCUT2D eigenvalue weighted by Gasteiger charge is -2.26. The number of fused-ring (bicyclic) bond motifs is 1. The van der Waals surface area contributed by atoms with Gasteiger partial charge in [-0.3, -0.25) is 19.1 Å². The molecule has 5 rings (SSSR count). The monoisotopic (exact) mass is 409 g/mol. The number of aromatic nitrogens is 3. The Bertz CT molecular complexity index is 1160. The molecule has 3 aromatic heterocycles. The second kappa shape index (κ2) is 6.79. The summed E-state index contributed by atoms with van der Waals surface area (Å²) in [7, 11) is 3.54. The Morgan fingerprint density at radius 3 is 2.73 bits per heavy atom. The highest BCUT2D eigenvalue weighted by molar-refractivity contribution is 5.94. The van der Waals surface area contributed by atoms with E-state index in [0.29, 0.717) is 36.4 Å². The number of likely N-dealkylation sites (tertiary alicyclic amines) is 1. The van der Waals surface area contributed by atoms with Gasteiger partial charge in [0.15, 0.2) is 5.82 Å². The molecule has 0 spiro atoms. The molecule has 8 nitrogen and oxygen atoms in total. The molecule has 9 heteroatoms. The van der Waals surface area contributed by atoms with Crippen molar-refractivity contribution in [2.24, 2.45) is 18.9 Å². The van der Waals surface area contributed by atoms with Crippen molar-refractivity contribution in [3.63, 3.8) is 0 Å². The number of hydrogen-bond acceptors (Lipinski definition) is 6. The largest absolute Gasteiger partial charge is 0.472 e. The topological polar surface area (TPSA) is 84.5 Å². The standard InChI is InChI=1S/C21H20FN5O3/c1-25-18(28)7-17(13-3-5-23-8-16(13)22)24-21(25)26(2)19-14-9-27(10-15(14)19)20(29)12-4-6-30-11-12/h3-8,11,14-15,19H,9-10H2,1-2H3/t14-,15+,19?. The van der Waals surface area contributed by atoms with Crippen LogP contribution in [0.2, 0.25) is 0 Å². The van der Waals surface area contributed by atoms with Crippen molar-refractivity contribution in [3.8, 4) is 11.3 Å². The molecule has 1 unspecified atom stereocenters. The molecule has 2 fully saturated rings. The summed E-state index contributed by atoms with van der Waals surface area (Å²) in [5.41, 5.74) is 0.811. The van der Waals surface area contributed by atoms with E-state index in [1.165, 1.54) is 35.4 Å². The molecule has 1 aliphatic heterocycles. The van der Waals surface area contributed by atoms with Gasteiger partial charge in [0.2, 0.25) is 5.95 Å². The van der Waals surface area contributed by atoms with Crippen LogP contribution in [0.25, 0.3) is 11.3 Å². The average Bonchev–Trinajstić information content (AvgIpc) is 3.11. The summed E-state index contributed by atoms with van der Waals surface area (Å²) >= 11 is 0. The van der Waals surface area contributed by atoms with Crippen LogP contribution in [0.5, 0.6) is 0 Å². The van der Waals surface area contributed by atoms with Gasteiger partial charge in [-0.25, -0.2) is 9.37 Å². The molecule has 0 aromatic carbocycles. The van der Waals surface area contributed by atoms with Crippen molar-refractivity contribution in [1.82, 2.24) is 19.4 Å². The summed E-state index contributed by atoms with van der Waals surface area (Å²) in [5, 5.41) is 0. The molecular formula is C21H20FN5O3. The SMILES string of the molecule is CN(c1nc(-c2ccncc2F)cc(=O)n1C)C1[C@H]2CN(C(=O)c3ccoc3)C[C@@H]12. The van der Waals surface area contributed by atoms with Crippen LogP contribution in [0.4, 0.5) is 10.3 Å². The highest BCUT2D eigenvalue weighted by Gasteiger charge is 2.59. The van der Waals surface area contributed by atoms with E-state index in [-0.39, 0.29) is 28.8 Å². The van der Waals surface area contributed by atoms with Crippen LogP contribution < -0.4 is 10.5 Å². The van der Waals surface area contributed by atoms with Gasteiger partial charge in [0.25, 0.3) is 11.5 Å². The average molecular weight is 409 g/mol. The number of nitrogens with zero attached hydrogens (tertiary/aromatic N) is 5. The lowest BCUT2D eigenvalue weighted by molar-refractivity contribution is 0.0772. The van der Waals surface area contributed by atoms with Gasteiger partial charge in [-0.05, 0) is 12.1 Å². The smallest absolute Gasteiger partial charge is 0.257 e. The third kappa shape index (κ3) is 2.89. The summed E-state index contributed by atoms with van der Waals surface area (Å²) in [4.78, 5) is 37.1. The molecule has 1 aliphatic carbocycles. The van der Waals surface area contributed by atoms with E-state index in [2.05, 4.69) is 9.97 Å². The zero-order valence-electron chi connectivity index (χ0n) is 16.5.